The first-order valence-electron chi connectivity index (χ1n) is 8.83. The Balaban J connectivity index is 1.41. The topological polar surface area (TPSA) is 73.6 Å². The highest BCUT2D eigenvalue weighted by molar-refractivity contribution is 6.30. The molecule has 4 aromatic rings. The molecule has 2 heterocycles. The van der Waals surface area contributed by atoms with E-state index in [4.69, 9.17) is 25.5 Å². The maximum atomic E-state index is 12.5. The van der Waals surface area contributed by atoms with Crippen molar-refractivity contribution in [3.05, 3.63) is 83.4 Å². The van der Waals surface area contributed by atoms with Gasteiger partial charge in [-0.25, -0.2) is 0 Å². The largest absolute Gasteiger partial charge is 0.497 e. The standard InChI is InChI=1S/C22H17ClN2O4/c1-27-17-6-5-14-9-16(12-24-20(14)11-17)25-22(26)21-8-7-19(29-21)13-28-18-4-2-3-15(23)10-18/h2-12H,13H2,1H3,(H,25,26). The predicted molar refractivity (Wildman–Crippen MR) is 111 cm³/mol. The lowest BCUT2D eigenvalue weighted by atomic mass is 10.2. The molecule has 0 aliphatic rings. The number of rotatable bonds is 6. The Bertz CT molecular complexity index is 1170. The number of anilines is 1. The average molecular weight is 409 g/mol. The fourth-order valence-corrected chi connectivity index (χ4v) is 2.96. The van der Waals surface area contributed by atoms with Crippen LogP contribution in [0.5, 0.6) is 11.5 Å². The van der Waals surface area contributed by atoms with E-state index < -0.39 is 0 Å². The van der Waals surface area contributed by atoms with Crippen molar-refractivity contribution in [2.45, 2.75) is 6.61 Å². The van der Waals surface area contributed by atoms with Gasteiger partial charge in [0.2, 0.25) is 0 Å². The Kier molecular flexibility index (Phi) is 5.35. The van der Waals surface area contributed by atoms with Crippen molar-refractivity contribution in [2.24, 2.45) is 0 Å². The first-order valence-corrected chi connectivity index (χ1v) is 9.21. The van der Waals surface area contributed by atoms with Gasteiger partial charge < -0.3 is 19.2 Å². The van der Waals surface area contributed by atoms with Crippen molar-refractivity contribution in [3.8, 4) is 11.5 Å². The van der Waals surface area contributed by atoms with Gasteiger partial charge in [-0.1, -0.05) is 17.7 Å². The van der Waals surface area contributed by atoms with E-state index in [9.17, 15) is 4.79 Å². The Morgan fingerprint density at radius 2 is 2.00 bits per heavy atom. The third kappa shape index (κ3) is 4.50. The number of nitrogens with zero attached hydrogens (tertiary/aromatic N) is 1. The van der Waals surface area contributed by atoms with Crippen LogP contribution in [0.3, 0.4) is 0 Å². The van der Waals surface area contributed by atoms with Gasteiger partial charge in [0.1, 0.15) is 23.9 Å². The van der Waals surface area contributed by atoms with Gasteiger partial charge in [0.05, 0.1) is 24.5 Å². The molecule has 1 N–H and O–H groups in total. The number of halogens is 1. The predicted octanol–water partition coefficient (Wildman–Crippen LogP) is 5.32. The molecule has 29 heavy (non-hydrogen) atoms. The molecule has 0 radical (unpaired) electrons. The summed E-state index contributed by atoms with van der Waals surface area (Å²) in [6.45, 7) is 0.187. The monoisotopic (exact) mass is 408 g/mol. The molecule has 0 spiro atoms. The maximum absolute atomic E-state index is 12.5. The Morgan fingerprint density at radius 3 is 2.83 bits per heavy atom. The van der Waals surface area contributed by atoms with Crippen LogP contribution in [0.15, 0.2) is 71.3 Å². The molecular weight excluding hydrogens is 392 g/mol. The van der Waals surface area contributed by atoms with Crippen LogP contribution < -0.4 is 14.8 Å². The van der Waals surface area contributed by atoms with Gasteiger partial charge >= 0.3 is 0 Å². The number of hydrogen-bond acceptors (Lipinski definition) is 5. The minimum absolute atomic E-state index is 0.185. The van der Waals surface area contributed by atoms with Gasteiger partial charge in [0.25, 0.3) is 5.91 Å². The lowest BCUT2D eigenvalue weighted by molar-refractivity contribution is 0.0992. The molecule has 0 bridgehead atoms. The number of methoxy groups -OCH3 is 1. The highest BCUT2D eigenvalue weighted by Gasteiger charge is 2.13. The van der Waals surface area contributed by atoms with E-state index in [0.29, 0.717) is 22.2 Å². The second kappa shape index (κ2) is 8.24. The third-order valence-electron chi connectivity index (χ3n) is 4.21. The van der Waals surface area contributed by atoms with E-state index >= 15 is 0 Å². The van der Waals surface area contributed by atoms with Gasteiger partial charge in [-0.05, 0) is 48.5 Å². The fraction of sp³-hybridized carbons (Fsp3) is 0.0909. The molecule has 0 unspecified atom stereocenters. The highest BCUT2D eigenvalue weighted by Crippen LogP contribution is 2.23. The minimum Gasteiger partial charge on any atom is -0.497 e. The number of aromatic nitrogens is 1. The van der Waals surface area contributed by atoms with Crippen molar-refractivity contribution in [3.63, 3.8) is 0 Å². The van der Waals surface area contributed by atoms with Crippen molar-refractivity contribution >= 4 is 34.1 Å². The van der Waals surface area contributed by atoms with Crippen molar-refractivity contribution in [1.82, 2.24) is 4.98 Å². The van der Waals surface area contributed by atoms with E-state index in [1.54, 1.807) is 49.7 Å². The molecule has 2 aromatic carbocycles. The van der Waals surface area contributed by atoms with Gasteiger partial charge in [-0.15, -0.1) is 0 Å². The summed E-state index contributed by atoms with van der Waals surface area (Å²) in [5, 5.41) is 4.26. The van der Waals surface area contributed by atoms with Crippen LogP contribution in [-0.4, -0.2) is 18.0 Å². The Morgan fingerprint density at radius 1 is 1.10 bits per heavy atom. The number of amides is 1. The van der Waals surface area contributed by atoms with Crippen LogP contribution in [-0.2, 0) is 6.61 Å². The van der Waals surface area contributed by atoms with Crippen LogP contribution in [0.25, 0.3) is 10.9 Å². The summed E-state index contributed by atoms with van der Waals surface area (Å²) >= 11 is 5.93. The van der Waals surface area contributed by atoms with E-state index in [0.717, 1.165) is 16.7 Å². The van der Waals surface area contributed by atoms with Gasteiger partial charge in [0, 0.05) is 16.5 Å². The second-order valence-corrected chi connectivity index (χ2v) is 6.69. The van der Waals surface area contributed by atoms with Crippen molar-refractivity contribution in [2.75, 3.05) is 12.4 Å². The van der Waals surface area contributed by atoms with Gasteiger partial charge in [0.15, 0.2) is 5.76 Å². The second-order valence-electron chi connectivity index (χ2n) is 6.25. The number of carbonyl (C=O) groups excluding carboxylic acids is 1. The summed E-state index contributed by atoms with van der Waals surface area (Å²) in [7, 11) is 1.60. The van der Waals surface area contributed by atoms with E-state index in [1.165, 1.54) is 0 Å². The molecule has 6 nitrogen and oxygen atoms in total. The van der Waals surface area contributed by atoms with Crippen LogP contribution in [0.4, 0.5) is 5.69 Å². The molecule has 0 saturated heterocycles. The third-order valence-corrected chi connectivity index (χ3v) is 4.45. The minimum atomic E-state index is -0.367. The van der Waals surface area contributed by atoms with Crippen LogP contribution in [0.2, 0.25) is 5.02 Å². The zero-order valence-electron chi connectivity index (χ0n) is 15.5. The molecule has 1 amide bonds. The summed E-state index contributed by atoms with van der Waals surface area (Å²) in [6, 6.07) is 17.8. The summed E-state index contributed by atoms with van der Waals surface area (Å²) in [5.74, 6) is 1.70. The molecule has 4 rings (SSSR count). The van der Waals surface area contributed by atoms with E-state index in [1.807, 2.05) is 24.3 Å². The van der Waals surface area contributed by atoms with Crippen LogP contribution in [0.1, 0.15) is 16.3 Å². The summed E-state index contributed by atoms with van der Waals surface area (Å²) < 4.78 is 16.4. The first-order chi connectivity index (χ1) is 14.1. The number of ether oxygens (including phenoxy) is 2. The fourth-order valence-electron chi connectivity index (χ4n) is 2.78. The number of benzene rings is 2. The number of furan rings is 1. The number of fused-ring (bicyclic) bond motifs is 1. The van der Waals surface area contributed by atoms with Crippen molar-refractivity contribution < 1.29 is 18.7 Å². The quantitative estimate of drug-likeness (QED) is 0.467. The van der Waals surface area contributed by atoms with Gasteiger partial charge in [-0.3, -0.25) is 9.78 Å². The smallest absolute Gasteiger partial charge is 0.291 e. The van der Waals surface area contributed by atoms with E-state index in [2.05, 4.69) is 10.3 Å². The first kappa shape index (κ1) is 18.8. The number of nitrogens with one attached hydrogen (secondary N) is 1. The zero-order chi connectivity index (χ0) is 20.2. The lowest BCUT2D eigenvalue weighted by Gasteiger charge is -2.06. The summed E-state index contributed by atoms with van der Waals surface area (Å²) in [5.41, 5.74) is 1.35. The normalized spacial score (nSPS) is 10.7. The summed E-state index contributed by atoms with van der Waals surface area (Å²) in [6.07, 6.45) is 1.59. The number of carbonyl (C=O) groups is 1. The number of hydrogen-bond donors (Lipinski definition) is 1. The van der Waals surface area contributed by atoms with Gasteiger partial charge in [-0.2, -0.15) is 0 Å². The lowest BCUT2D eigenvalue weighted by Crippen LogP contribution is -2.11. The molecule has 2 aromatic heterocycles. The molecule has 7 heteroatoms. The number of pyridine rings is 1. The van der Waals surface area contributed by atoms with E-state index in [-0.39, 0.29) is 18.3 Å². The molecule has 0 atom stereocenters. The SMILES string of the molecule is COc1ccc2cc(NC(=O)c3ccc(COc4cccc(Cl)c4)o3)cnc2c1. The Hall–Kier alpha value is -3.51. The van der Waals surface area contributed by atoms with Crippen molar-refractivity contribution in [1.29, 1.82) is 0 Å². The highest BCUT2D eigenvalue weighted by atomic mass is 35.5. The molecule has 0 aliphatic heterocycles. The average Bonchev–Trinajstić information content (AvgIpc) is 3.21. The van der Waals surface area contributed by atoms with Crippen LogP contribution in [0, 0.1) is 0 Å². The molecular formula is C22H17ClN2O4. The van der Waals surface area contributed by atoms with Crippen LogP contribution >= 0.6 is 11.6 Å². The molecule has 0 saturated carbocycles. The molecule has 0 aliphatic carbocycles. The Labute approximate surface area is 172 Å². The molecule has 0 fully saturated rings. The zero-order valence-corrected chi connectivity index (χ0v) is 16.3. The maximum Gasteiger partial charge on any atom is 0.291 e. The summed E-state index contributed by atoms with van der Waals surface area (Å²) in [4.78, 5) is 16.8. The molecule has 146 valence electrons.